The van der Waals surface area contributed by atoms with Crippen molar-refractivity contribution >= 4 is 21.8 Å². The maximum atomic E-state index is 6.80. The van der Waals surface area contributed by atoms with Crippen molar-refractivity contribution in [1.29, 1.82) is 0 Å². The van der Waals surface area contributed by atoms with E-state index in [9.17, 15) is 0 Å². The molecule has 0 unspecified atom stereocenters. The molecule has 0 aliphatic carbocycles. The molecule has 0 fully saturated rings. The van der Waals surface area contributed by atoms with E-state index in [1.807, 2.05) is 24.4 Å². The van der Waals surface area contributed by atoms with Crippen molar-refractivity contribution in [3.05, 3.63) is 246 Å². The van der Waals surface area contributed by atoms with E-state index in [-0.39, 0.29) is 31.9 Å². The average Bonchev–Trinajstić information content (AvgIpc) is 3.93. The number of aromatic nitrogens is 4. The van der Waals surface area contributed by atoms with Crippen LogP contribution in [0, 0.1) is 18.5 Å². The molecule has 0 amide bonds. The number of para-hydroxylation sites is 1. The Morgan fingerprint density at radius 2 is 1.07 bits per heavy atom. The fourth-order valence-electron chi connectivity index (χ4n) is 9.89. The third-order valence-corrected chi connectivity index (χ3v) is 14.0. The zero-order chi connectivity index (χ0) is 47.4. The minimum atomic E-state index is -0.499. The maximum absolute atomic E-state index is 6.80. The van der Waals surface area contributed by atoms with Gasteiger partial charge in [-0.05, 0) is 74.6 Å². The minimum Gasteiger partial charge on any atom is -0.510 e. The summed E-state index contributed by atoms with van der Waals surface area (Å²) in [5.41, 5.74) is 10.9. The fraction of sp³-hybridized carbons (Fsp3) is 0.206. The van der Waals surface area contributed by atoms with Crippen LogP contribution < -0.4 is 9.30 Å². The fourth-order valence-corrected chi connectivity index (χ4v) is 9.89. The van der Waals surface area contributed by atoms with Crippen LogP contribution in [-0.2, 0) is 42.7 Å². The quantitative estimate of drug-likeness (QED) is 0.0956. The van der Waals surface area contributed by atoms with Crippen LogP contribution in [0.1, 0.15) is 102 Å². The first kappa shape index (κ1) is 47.3. The largest absolute Gasteiger partial charge is 0.510 e. The second-order valence-electron chi connectivity index (χ2n) is 20.6. The number of pyridine rings is 1. The standard InChI is InChI=1S/C63H58N4O.Pt/c1-60(2,3)47-37-38-64-57(40-47)67-55-34-20-19-33-53(55)54-36-35-52(42-56(54)67)68-51-32-22-31-50(41-51)66-43-65(49-30-21-29-48(39-49)61(4,5)44-23-13-10-14-24-44)58(62(6,7)45-25-15-11-16-26-45)59(66)63(8,9)46-27-17-12-18-28-46;/h10-40H,1-9H3;/q-2;. The van der Waals surface area contributed by atoms with Gasteiger partial charge in [-0.2, -0.15) is 18.2 Å². The Morgan fingerprint density at radius 3 is 1.74 bits per heavy atom. The SMILES string of the molecule is CC(C)(C)c1ccnc(-n2c3[c-]c(Oc4[c-]c(-n5[c-][n+](-c6cccc(C(C)(C)c7ccccc7)c6)c(C(C)(C)c6ccccc6)c5C(C)(C)c5ccccc5)ccc4)ccc3c3ccccc32)c1.[Pt]. The van der Waals surface area contributed by atoms with Crippen LogP contribution in [0.3, 0.4) is 0 Å². The molecule has 348 valence electrons. The molecule has 0 saturated heterocycles. The molecule has 6 heteroatoms. The van der Waals surface area contributed by atoms with Gasteiger partial charge in [-0.1, -0.05) is 189 Å². The van der Waals surface area contributed by atoms with Gasteiger partial charge in [0.1, 0.15) is 5.82 Å². The first-order valence-electron chi connectivity index (χ1n) is 23.6. The molecule has 0 radical (unpaired) electrons. The van der Waals surface area contributed by atoms with Crippen molar-refractivity contribution in [2.24, 2.45) is 0 Å². The Hall–Kier alpha value is -6.81. The van der Waals surface area contributed by atoms with Crippen LogP contribution in [0.5, 0.6) is 11.5 Å². The van der Waals surface area contributed by atoms with Gasteiger partial charge in [0.25, 0.3) is 6.33 Å². The molecule has 0 spiro atoms. The molecule has 7 aromatic carbocycles. The van der Waals surface area contributed by atoms with E-state index in [0.29, 0.717) is 11.5 Å². The molecule has 5 nitrogen and oxygen atoms in total. The molecule has 0 aliphatic heterocycles. The molecule has 3 heterocycles. The summed E-state index contributed by atoms with van der Waals surface area (Å²) in [6, 6.07) is 71.7. The van der Waals surface area contributed by atoms with Gasteiger partial charge in [-0.25, -0.2) is 4.98 Å². The number of ether oxygens (including phenoxy) is 1. The van der Waals surface area contributed by atoms with Gasteiger partial charge in [-0.3, -0.25) is 4.57 Å². The van der Waals surface area contributed by atoms with Crippen LogP contribution in [0.25, 0.3) is 39.0 Å². The van der Waals surface area contributed by atoms with E-state index in [0.717, 1.165) is 50.4 Å². The Kier molecular flexibility index (Phi) is 12.5. The number of nitrogens with zero attached hydrogens (tertiary/aromatic N) is 4. The first-order valence-corrected chi connectivity index (χ1v) is 23.6. The Balaban J connectivity index is 0.00000593. The molecule has 0 bridgehead atoms. The number of fused-ring (bicyclic) bond motifs is 3. The van der Waals surface area contributed by atoms with Gasteiger partial charge in [0.15, 0.2) is 0 Å². The topological polar surface area (TPSA) is 35.9 Å². The predicted molar refractivity (Wildman–Crippen MR) is 277 cm³/mol. The summed E-state index contributed by atoms with van der Waals surface area (Å²) in [6.45, 7) is 20.6. The van der Waals surface area contributed by atoms with Gasteiger partial charge in [0, 0.05) is 60.5 Å². The van der Waals surface area contributed by atoms with Crippen molar-refractivity contribution < 1.29 is 30.4 Å². The maximum Gasteiger partial charge on any atom is 0.267 e. The zero-order valence-corrected chi connectivity index (χ0v) is 43.2. The summed E-state index contributed by atoms with van der Waals surface area (Å²) in [5.74, 6) is 2.00. The molecule has 10 aromatic rings. The van der Waals surface area contributed by atoms with Crippen LogP contribution in [0.15, 0.2) is 188 Å². The molecule has 0 N–H and O–H groups in total. The Morgan fingerprint density at radius 1 is 0.493 bits per heavy atom. The summed E-state index contributed by atoms with van der Waals surface area (Å²) in [5, 5.41) is 2.22. The van der Waals surface area contributed by atoms with Gasteiger partial charge < -0.3 is 13.9 Å². The van der Waals surface area contributed by atoms with Crippen LogP contribution in [0.2, 0.25) is 0 Å². The summed E-state index contributed by atoms with van der Waals surface area (Å²) in [4.78, 5) is 4.89. The smallest absolute Gasteiger partial charge is 0.267 e. The van der Waals surface area contributed by atoms with Crippen molar-refractivity contribution in [3.8, 4) is 28.7 Å². The zero-order valence-electron chi connectivity index (χ0n) is 40.9. The average molecular weight is 1080 g/mol. The van der Waals surface area contributed by atoms with Crippen molar-refractivity contribution in [2.45, 2.75) is 84.0 Å². The van der Waals surface area contributed by atoms with Crippen molar-refractivity contribution in [1.82, 2.24) is 14.1 Å². The van der Waals surface area contributed by atoms with E-state index < -0.39 is 10.8 Å². The third-order valence-electron chi connectivity index (χ3n) is 14.0. The third kappa shape index (κ3) is 8.68. The van der Waals surface area contributed by atoms with E-state index in [4.69, 9.17) is 9.72 Å². The molecule has 0 atom stereocenters. The summed E-state index contributed by atoms with van der Waals surface area (Å²) in [6.07, 6.45) is 5.86. The summed E-state index contributed by atoms with van der Waals surface area (Å²) >= 11 is 0. The van der Waals surface area contributed by atoms with Gasteiger partial charge >= 0.3 is 0 Å². The molecule has 10 rings (SSSR count). The normalized spacial score (nSPS) is 12.3. The Labute approximate surface area is 422 Å². The molecular weight excluding hydrogens is 1020 g/mol. The van der Waals surface area contributed by atoms with E-state index >= 15 is 0 Å². The van der Waals surface area contributed by atoms with Crippen LogP contribution in [-0.4, -0.2) is 14.1 Å². The number of hydrogen-bond donors (Lipinski definition) is 0. The monoisotopic (exact) mass is 1080 g/mol. The van der Waals surface area contributed by atoms with Gasteiger partial charge in [-0.15, -0.1) is 29.7 Å². The van der Waals surface area contributed by atoms with Gasteiger partial charge in [0.05, 0.1) is 17.1 Å². The second kappa shape index (κ2) is 18.3. The van der Waals surface area contributed by atoms with E-state index in [1.165, 1.54) is 27.8 Å². The Bertz CT molecular complexity index is 3430. The number of hydrogen-bond acceptors (Lipinski definition) is 2. The number of benzene rings is 7. The number of imidazole rings is 1. The summed E-state index contributed by atoms with van der Waals surface area (Å²) < 4.78 is 13.5. The molecule has 69 heavy (non-hydrogen) atoms. The molecule has 0 saturated carbocycles. The van der Waals surface area contributed by atoms with Crippen molar-refractivity contribution in [2.75, 3.05) is 0 Å². The molecule has 3 aromatic heterocycles. The number of rotatable bonds is 11. The second-order valence-corrected chi connectivity index (χ2v) is 20.6. The van der Waals surface area contributed by atoms with Gasteiger partial charge in [0.2, 0.25) is 0 Å². The van der Waals surface area contributed by atoms with E-state index in [1.54, 1.807) is 0 Å². The first-order chi connectivity index (χ1) is 32.6. The molecule has 0 aliphatic rings. The summed E-state index contributed by atoms with van der Waals surface area (Å²) in [7, 11) is 0. The minimum absolute atomic E-state index is 0. The van der Waals surface area contributed by atoms with Crippen LogP contribution in [0.4, 0.5) is 0 Å². The predicted octanol–water partition coefficient (Wildman–Crippen LogP) is 14.7. The van der Waals surface area contributed by atoms with E-state index in [2.05, 4.69) is 258 Å². The molecular formula is C63H58N4OPt-2. The van der Waals surface area contributed by atoms with Crippen molar-refractivity contribution in [3.63, 3.8) is 0 Å². The van der Waals surface area contributed by atoms with Crippen LogP contribution >= 0.6 is 0 Å².